The summed E-state index contributed by atoms with van der Waals surface area (Å²) >= 11 is 3.35. The van der Waals surface area contributed by atoms with Crippen LogP contribution in [0.2, 0.25) is 0 Å². The van der Waals surface area contributed by atoms with Gasteiger partial charge in [0.15, 0.2) is 0 Å². The van der Waals surface area contributed by atoms with Crippen molar-refractivity contribution in [2.75, 3.05) is 20.3 Å². The van der Waals surface area contributed by atoms with E-state index in [9.17, 15) is 4.79 Å². The van der Waals surface area contributed by atoms with E-state index in [1.165, 1.54) is 7.11 Å². The van der Waals surface area contributed by atoms with Crippen LogP contribution in [0.1, 0.15) is 18.4 Å². The molecule has 1 N–H and O–H groups in total. The number of esters is 1. The van der Waals surface area contributed by atoms with Crippen molar-refractivity contribution in [1.82, 2.24) is 10.3 Å². The van der Waals surface area contributed by atoms with Crippen LogP contribution in [0.5, 0.6) is 0 Å². The van der Waals surface area contributed by atoms with Gasteiger partial charge in [-0.25, -0.2) is 9.78 Å². The summed E-state index contributed by atoms with van der Waals surface area (Å²) in [5.74, 6) is 0.0327. The lowest BCUT2D eigenvalue weighted by molar-refractivity contribution is -0.158. The molecule has 1 saturated carbocycles. The lowest BCUT2D eigenvalue weighted by Crippen LogP contribution is -2.44. The third-order valence-electron chi connectivity index (χ3n) is 4.32. The first-order chi connectivity index (χ1) is 9.64. The van der Waals surface area contributed by atoms with Crippen LogP contribution in [0.3, 0.4) is 0 Å². The van der Waals surface area contributed by atoms with Gasteiger partial charge in [-0.2, -0.15) is 0 Å². The number of hydrogen-bond donors (Lipinski definition) is 1. The van der Waals surface area contributed by atoms with E-state index in [0.717, 1.165) is 29.6 Å². The molecule has 108 valence electrons. The molecule has 3 rings (SSSR count). The Labute approximate surface area is 126 Å². The summed E-state index contributed by atoms with van der Waals surface area (Å²) in [5, 5.41) is 3.47. The molecule has 1 aromatic rings. The van der Waals surface area contributed by atoms with Gasteiger partial charge < -0.3 is 14.8 Å². The average molecular weight is 341 g/mol. The molecule has 0 aromatic carbocycles. The van der Waals surface area contributed by atoms with Crippen molar-refractivity contribution in [3.8, 4) is 0 Å². The SMILES string of the molecule is COC(=O)COC1(c2ccc(Br)nc2)CC2CC1CN2. The minimum Gasteiger partial charge on any atom is -0.467 e. The maximum Gasteiger partial charge on any atom is 0.331 e. The van der Waals surface area contributed by atoms with Crippen molar-refractivity contribution >= 4 is 21.9 Å². The predicted molar refractivity (Wildman–Crippen MR) is 76.1 cm³/mol. The van der Waals surface area contributed by atoms with Crippen LogP contribution in [-0.4, -0.2) is 37.3 Å². The van der Waals surface area contributed by atoms with Crippen molar-refractivity contribution in [1.29, 1.82) is 0 Å². The van der Waals surface area contributed by atoms with Gasteiger partial charge in [-0.1, -0.05) is 6.07 Å². The van der Waals surface area contributed by atoms with Gasteiger partial charge in [-0.05, 0) is 34.8 Å². The number of methoxy groups -OCH3 is 1. The number of halogens is 1. The molecule has 0 radical (unpaired) electrons. The number of carbonyl (C=O) groups excluding carboxylic acids is 1. The number of rotatable bonds is 4. The lowest BCUT2D eigenvalue weighted by atomic mass is 9.83. The van der Waals surface area contributed by atoms with E-state index in [0.29, 0.717) is 12.0 Å². The quantitative estimate of drug-likeness (QED) is 0.666. The number of pyridine rings is 1. The molecule has 2 fully saturated rings. The van der Waals surface area contributed by atoms with Gasteiger partial charge in [0.2, 0.25) is 0 Å². The van der Waals surface area contributed by atoms with Crippen LogP contribution < -0.4 is 5.32 Å². The maximum atomic E-state index is 11.4. The molecule has 2 bridgehead atoms. The molecule has 0 spiro atoms. The smallest absolute Gasteiger partial charge is 0.331 e. The van der Waals surface area contributed by atoms with Gasteiger partial charge in [0.05, 0.1) is 7.11 Å². The molecule has 1 aliphatic carbocycles. The summed E-state index contributed by atoms with van der Waals surface area (Å²) in [5.41, 5.74) is 0.622. The maximum absolute atomic E-state index is 11.4. The van der Waals surface area contributed by atoms with E-state index in [1.807, 2.05) is 18.3 Å². The summed E-state index contributed by atoms with van der Waals surface area (Å²) in [4.78, 5) is 15.7. The number of ether oxygens (including phenoxy) is 2. The van der Waals surface area contributed by atoms with E-state index in [1.54, 1.807) is 0 Å². The Balaban J connectivity index is 1.88. The molecule has 2 heterocycles. The fraction of sp³-hybridized carbons (Fsp3) is 0.571. The van der Waals surface area contributed by atoms with E-state index in [2.05, 4.69) is 31.0 Å². The highest BCUT2D eigenvalue weighted by atomic mass is 79.9. The van der Waals surface area contributed by atoms with Crippen LogP contribution in [-0.2, 0) is 19.9 Å². The summed E-state index contributed by atoms with van der Waals surface area (Å²) < 4.78 is 11.5. The monoisotopic (exact) mass is 340 g/mol. The topological polar surface area (TPSA) is 60.5 Å². The lowest BCUT2D eigenvalue weighted by Gasteiger charge is -2.37. The zero-order valence-corrected chi connectivity index (χ0v) is 12.9. The van der Waals surface area contributed by atoms with Gasteiger partial charge in [-0.3, -0.25) is 0 Å². The Kier molecular flexibility index (Phi) is 3.79. The molecule has 20 heavy (non-hydrogen) atoms. The van der Waals surface area contributed by atoms with E-state index < -0.39 is 5.60 Å². The standard InChI is InChI=1S/C14H17BrN2O3/c1-19-13(18)8-20-14(5-11-4-10(14)7-16-11)9-2-3-12(15)17-6-9/h2-3,6,10-11,16H,4-5,7-8H2,1H3. The van der Waals surface area contributed by atoms with Crippen molar-refractivity contribution in [3.05, 3.63) is 28.5 Å². The highest BCUT2D eigenvalue weighted by molar-refractivity contribution is 9.10. The molecule has 1 aliphatic heterocycles. The number of piperidine rings is 1. The van der Waals surface area contributed by atoms with E-state index in [4.69, 9.17) is 4.74 Å². The molecule has 3 unspecified atom stereocenters. The third-order valence-corrected chi connectivity index (χ3v) is 4.79. The number of hydrogen-bond acceptors (Lipinski definition) is 5. The molecule has 0 amide bonds. The van der Waals surface area contributed by atoms with E-state index >= 15 is 0 Å². The number of nitrogens with zero attached hydrogens (tertiary/aromatic N) is 1. The molecule has 6 heteroatoms. The number of nitrogens with one attached hydrogen (secondary N) is 1. The minimum atomic E-state index is -0.419. The van der Waals surface area contributed by atoms with Gasteiger partial charge >= 0.3 is 5.97 Å². The second-order valence-electron chi connectivity index (χ2n) is 5.37. The normalized spacial score (nSPS) is 31.5. The molecule has 1 aromatic heterocycles. The van der Waals surface area contributed by atoms with Crippen molar-refractivity contribution in [2.24, 2.45) is 5.92 Å². The summed E-state index contributed by atoms with van der Waals surface area (Å²) in [7, 11) is 1.38. The van der Waals surface area contributed by atoms with Gasteiger partial charge in [0.25, 0.3) is 0 Å². The van der Waals surface area contributed by atoms with Crippen LogP contribution in [0.25, 0.3) is 0 Å². The van der Waals surface area contributed by atoms with Crippen LogP contribution in [0.4, 0.5) is 0 Å². The summed E-state index contributed by atoms with van der Waals surface area (Å²) in [6, 6.07) is 4.40. The van der Waals surface area contributed by atoms with Crippen LogP contribution in [0, 0.1) is 5.92 Å². The largest absolute Gasteiger partial charge is 0.467 e. The zero-order valence-electron chi connectivity index (χ0n) is 11.3. The fourth-order valence-electron chi connectivity index (χ4n) is 3.35. The summed E-state index contributed by atoms with van der Waals surface area (Å²) in [6.07, 6.45) is 3.79. The van der Waals surface area contributed by atoms with Crippen molar-refractivity contribution in [2.45, 2.75) is 24.5 Å². The van der Waals surface area contributed by atoms with Gasteiger partial charge in [-0.15, -0.1) is 0 Å². The Morgan fingerprint density at radius 3 is 3.00 bits per heavy atom. The molecular formula is C14H17BrN2O3. The predicted octanol–water partition coefficient (Wildman–Crippen LogP) is 1.61. The molecule has 1 saturated heterocycles. The Bertz CT molecular complexity index is 508. The first-order valence-electron chi connectivity index (χ1n) is 6.70. The van der Waals surface area contributed by atoms with Crippen molar-refractivity contribution < 1.29 is 14.3 Å². The molecule has 2 aliphatic rings. The first kappa shape index (κ1) is 14.0. The number of aromatic nitrogens is 1. The Morgan fingerprint density at radius 2 is 2.45 bits per heavy atom. The first-order valence-corrected chi connectivity index (χ1v) is 7.49. The number of carbonyl (C=O) groups is 1. The van der Waals surface area contributed by atoms with Gasteiger partial charge in [0.1, 0.15) is 16.8 Å². The average Bonchev–Trinajstić information content (AvgIpc) is 3.06. The fourth-order valence-corrected chi connectivity index (χ4v) is 3.58. The van der Waals surface area contributed by atoms with Crippen molar-refractivity contribution in [3.63, 3.8) is 0 Å². The molecule has 5 nitrogen and oxygen atoms in total. The summed E-state index contributed by atoms with van der Waals surface area (Å²) in [6.45, 7) is 0.900. The number of fused-ring (bicyclic) bond motifs is 2. The Hall–Kier alpha value is -0.980. The van der Waals surface area contributed by atoms with Crippen LogP contribution >= 0.6 is 15.9 Å². The third kappa shape index (κ3) is 2.36. The van der Waals surface area contributed by atoms with Gasteiger partial charge in [0, 0.05) is 30.3 Å². The highest BCUT2D eigenvalue weighted by Gasteiger charge is 2.53. The highest BCUT2D eigenvalue weighted by Crippen LogP contribution is 2.49. The molecule has 3 atom stereocenters. The van der Waals surface area contributed by atoms with E-state index in [-0.39, 0.29) is 12.6 Å². The molecular weight excluding hydrogens is 324 g/mol. The Morgan fingerprint density at radius 1 is 1.60 bits per heavy atom. The van der Waals surface area contributed by atoms with Crippen LogP contribution in [0.15, 0.2) is 22.9 Å². The minimum absolute atomic E-state index is 0.0181. The second-order valence-corrected chi connectivity index (χ2v) is 6.18. The second kappa shape index (κ2) is 5.42. The zero-order chi connectivity index (χ0) is 14.2.